The highest BCUT2D eigenvalue weighted by Gasteiger charge is 2.14. The average molecular weight is 383 g/mol. The SMILES string of the molecule is Cl.O=C(NCCC1CCNC1)c1ccc(Oc2ccc(F)cc2F)cc1. The van der Waals surface area contributed by atoms with Gasteiger partial charge >= 0.3 is 0 Å². The van der Waals surface area contributed by atoms with Gasteiger partial charge in [-0.05, 0) is 68.2 Å². The fraction of sp³-hybridized carbons (Fsp3) is 0.316. The van der Waals surface area contributed by atoms with Crippen LogP contribution in [0, 0.1) is 17.6 Å². The molecular weight excluding hydrogens is 362 g/mol. The van der Waals surface area contributed by atoms with Gasteiger partial charge in [0.25, 0.3) is 5.91 Å². The number of benzene rings is 2. The van der Waals surface area contributed by atoms with Crippen LogP contribution in [0.5, 0.6) is 11.5 Å². The van der Waals surface area contributed by atoms with E-state index >= 15 is 0 Å². The van der Waals surface area contributed by atoms with E-state index in [0.29, 0.717) is 23.8 Å². The number of hydrogen-bond donors (Lipinski definition) is 2. The summed E-state index contributed by atoms with van der Waals surface area (Å²) in [5, 5.41) is 6.20. The fourth-order valence-corrected chi connectivity index (χ4v) is 2.81. The lowest BCUT2D eigenvalue weighted by molar-refractivity contribution is 0.0951. The van der Waals surface area contributed by atoms with Crippen LogP contribution in [0.1, 0.15) is 23.2 Å². The maximum Gasteiger partial charge on any atom is 0.251 e. The Labute approximate surface area is 157 Å². The summed E-state index contributed by atoms with van der Waals surface area (Å²) in [4.78, 5) is 12.1. The number of ether oxygens (including phenoxy) is 1. The van der Waals surface area contributed by atoms with Crippen molar-refractivity contribution in [1.82, 2.24) is 10.6 Å². The van der Waals surface area contributed by atoms with E-state index in [1.165, 1.54) is 6.07 Å². The average Bonchev–Trinajstić information content (AvgIpc) is 3.11. The van der Waals surface area contributed by atoms with E-state index in [9.17, 15) is 13.6 Å². The van der Waals surface area contributed by atoms with Crippen molar-refractivity contribution in [3.05, 3.63) is 59.7 Å². The van der Waals surface area contributed by atoms with Gasteiger partial charge in [0.1, 0.15) is 11.6 Å². The Morgan fingerprint density at radius 2 is 1.96 bits per heavy atom. The number of amides is 1. The predicted molar refractivity (Wildman–Crippen MR) is 98.0 cm³/mol. The maximum absolute atomic E-state index is 13.6. The monoisotopic (exact) mass is 382 g/mol. The predicted octanol–water partition coefficient (Wildman–Crippen LogP) is 3.91. The third kappa shape index (κ3) is 5.41. The number of rotatable bonds is 6. The molecule has 3 rings (SSSR count). The third-order valence-electron chi connectivity index (χ3n) is 4.24. The molecule has 1 heterocycles. The van der Waals surface area contributed by atoms with Gasteiger partial charge in [-0.1, -0.05) is 0 Å². The first kappa shape index (κ1) is 20.1. The molecule has 1 unspecified atom stereocenters. The second kappa shape index (κ2) is 9.50. The van der Waals surface area contributed by atoms with Crippen molar-refractivity contribution in [3.63, 3.8) is 0 Å². The second-order valence-corrected chi connectivity index (χ2v) is 6.10. The van der Waals surface area contributed by atoms with Crippen LogP contribution >= 0.6 is 12.4 Å². The molecule has 140 valence electrons. The molecule has 1 aliphatic rings. The van der Waals surface area contributed by atoms with Gasteiger partial charge in [0, 0.05) is 18.2 Å². The zero-order chi connectivity index (χ0) is 17.6. The summed E-state index contributed by atoms with van der Waals surface area (Å²) >= 11 is 0. The molecule has 0 aliphatic carbocycles. The Hall–Kier alpha value is -2.18. The van der Waals surface area contributed by atoms with Crippen LogP contribution in [0.3, 0.4) is 0 Å². The third-order valence-corrected chi connectivity index (χ3v) is 4.24. The molecule has 7 heteroatoms. The van der Waals surface area contributed by atoms with Crippen LogP contribution in [0.15, 0.2) is 42.5 Å². The minimum Gasteiger partial charge on any atom is -0.454 e. The molecule has 26 heavy (non-hydrogen) atoms. The molecule has 0 bridgehead atoms. The Kier molecular flexibility index (Phi) is 7.36. The highest BCUT2D eigenvalue weighted by molar-refractivity contribution is 5.94. The van der Waals surface area contributed by atoms with E-state index in [1.807, 2.05) is 0 Å². The number of carbonyl (C=O) groups excluding carboxylic acids is 1. The van der Waals surface area contributed by atoms with E-state index in [-0.39, 0.29) is 24.1 Å². The first-order valence-electron chi connectivity index (χ1n) is 8.34. The van der Waals surface area contributed by atoms with Gasteiger partial charge in [-0.15, -0.1) is 12.4 Å². The van der Waals surface area contributed by atoms with Gasteiger partial charge in [0.15, 0.2) is 11.6 Å². The molecule has 4 nitrogen and oxygen atoms in total. The number of nitrogens with one attached hydrogen (secondary N) is 2. The van der Waals surface area contributed by atoms with Crippen molar-refractivity contribution in [1.29, 1.82) is 0 Å². The van der Waals surface area contributed by atoms with Gasteiger partial charge in [-0.25, -0.2) is 8.78 Å². The second-order valence-electron chi connectivity index (χ2n) is 6.10. The molecule has 0 spiro atoms. The number of halogens is 3. The number of hydrogen-bond acceptors (Lipinski definition) is 3. The van der Waals surface area contributed by atoms with Crippen LogP contribution in [0.4, 0.5) is 8.78 Å². The van der Waals surface area contributed by atoms with Gasteiger partial charge in [0.2, 0.25) is 0 Å². The van der Waals surface area contributed by atoms with Crippen molar-refractivity contribution >= 4 is 18.3 Å². The first-order chi connectivity index (χ1) is 12.1. The summed E-state index contributed by atoms with van der Waals surface area (Å²) in [6, 6.07) is 9.50. The zero-order valence-corrected chi connectivity index (χ0v) is 15.0. The van der Waals surface area contributed by atoms with Crippen LogP contribution < -0.4 is 15.4 Å². The van der Waals surface area contributed by atoms with Gasteiger partial charge in [-0.2, -0.15) is 0 Å². The lowest BCUT2D eigenvalue weighted by Gasteiger charge is -2.10. The molecule has 2 N–H and O–H groups in total. The van der Waals surface area contributed by atoms with Crippen molar-refractivity contribution in [2.24, 2.45) is 5.92 Å². The smallest absolute Gasteiger partial charge is 0.251 e. The van der Waals surface area contributed by atoms with Crippen LogP contribution in [0.25, 0.3) is 0 Å². The summed E-state index contributed by atoms with van der Waals surface area (Å²) in [6.45, 7) is 2.71. The lowest BCUT2D eigenvalue weighted by Crippen LogP contribution is -2.26. The summed E-state index contributed by atoms with van der Waals surface area (Å²) < 4.78 is 31.8. The summed E-state index contributed by atoms with van der Waals surface area (Å²) in [6.07, 6.45) is 2.12. The van der Waals surface area contributed by atoms with E-state index < -0.39 is 11.6 Å². The highest BCUT2D eigenvalue weighted by Crippen LogP contribution is 2.25. The summed E-state index contributed by atoms with van der Waals surface area (Å²) in [5.74, 6) is -0.650. The molecule has 2 aromatic rings. The number of carbonyl (C=O) groups is 1. The van der Waals surface area contributed by atoms with Gasteiger partial charge in [0.05, 0.1) is 0 Å². The van der Waals surface area contributed by atoms with E-state index in [4.69, 9.17) is 4.74 Å². The van der Waals surface area contributed by atoms with Crippen molar-refractivity contribution in [3.8, 4) is 11.5 Å². The van der Waals surface area contributed by atoms with E-state index in [1.54, 1.807) is 24.3 Å². The summed E-state index contributed by atoms with van der Waals surface area (Å²) in [7, 11) is 0. The molecule has 0 saturated carbocycles. The Morgan fingerprint density at radius 1 is 1.19 bits per heavy atom. The van der Waals surface area contributed by atoms with Crippen molar-refractivity contribution in [2.45, 2.75) is 12.8 Å². The molecular formula is C19H21ClF2N2O2. The van der Waals surface area contributed by atoms with E-state index in [0.717, 1.165) is 38.1 Å². The molecule has 1 saturated heterocycles. The lowest BCUT2D eigenvalue weighted by atomic mass is 10.1. The van der Waals surface area contributed by atoms with E-state index in [2.05, 4.69) is 10.6 Å². The highest BCUT2D eigenvalue weighted by atomic mass is 35.5. The normalized spacial score (nSPS) is 16.0. The quantitative estimate of drug-likeness (QED) is 0.796. The van der Waals surface area contributed by atoms with Crippen LogP contribution in [0.2, 0.25) is 0 Å². The van der Waals surface area contributed by atoms with Crippen molar-refractivity contribution < 1.29 is 18.3 Å². The van der Waals surface area contributed by atoms with Gasteiger partial charge < -0.3 is 15.4 Å². The largest absolute Gasteiger partial charge is 0.454 e. The molecule has 2 aromatic carbocycles. The molecule has 1 aliphatic heterocycles. The zero-order valence-electron chi connectivity index (χ0n) is 14.1. The summed E-state index contributed by atoms with van der Waals surface area (Å²) in [5.41, 5.74) is 0.511. The molecule has 1 atom stereocenters. The molecule has 0 aromatic heterocycles. The Morgan fingerprint density at radius 3 is 2.62 bits per heavy atom. The van der Waals surface area contributed by atoms with Crippen LogP contribution in [-0.2, 0) is 0 Å². The Bertz CT molecular complexity index is 735. The van der Waals surface area contributed by atoms with Crippen molar-refractivity contribution in [2.75, 3.05) is 19.6 Å². The fourth-order valence-electron chi connectivity index (χ4n) is 2.81. The molecule has 1 amide bonds. The molecule has 1 fully saturated rings. The maximum atomic E-state index is 13.6. The minimum absolute atomic E-state index is 0. The minimum atomic E-state index is -0.775. The Balaban J connectivity index is 0.00000243. The van der Waals surface area contributed by atoms with Gasteiger partial charge in [-0.3, -0.25) is 4.79 Å². The molecule has 0 radical (unpaired) electrons. The van der Waals surface area contributed by atoms with Crippen LogP contribution in [-0.4, -0.2) is 25.5 Å². The topological polar surface area (TPSA) is 50.4 Å². The standard InChI is InChI=1S/C19H20F2N2O2.ClH/c20-15-3-6-18(17(21)11-15)25-16-4-1-14(2-5-16)19(24)23-10-8-13-7-9-22-12-13;/h1-6,11,13,22H,7-10,12H2,(H,23,24);1H. The first-order valence-corrected chi connectivity index (χ1v) is 8.34.